The zero-order valence-corrected chi connectivity index (χ0v) is 18.4. The van der Waals surface area contributed by atoms with E-state index in [1.54, 1.807) is 22.8 Å². The number of carbonyl (C=O) groups is 4. The number of benzene rings is 2. The lowest BCUT2D eigenvalue weighted by Crippen LogP contribution is -2.41. The van der Waals surface area contributed by atoms with Gasteiger partial charge in [0.2, 0.25) is 5.91 Å². The molecule has 0 radical (unpaired) electrons. The van der Waals surface area contributed by atoms with E-state index in [4.69, 9.17) is 5.11 Å². The van der Waals surface area contributed by atoms with Crippen molar-refractivity contribution in [3.8, 4) is 0 Å². The molecule has 0 saturated carbocycles. The first-order chi connectivity index (χ1) is 16.3. The maximum atomic E-state index is 13.3. The third-order valence-corrected chi connectivity index (χ3v) is 5.99. The molecule has 4 N–H and O–H groups in total. The summed E-state index contributed by atoms with van der Waals surface area (Å²) in [5, 5.41) is 24.7. The van der Waals surface area contributed by atoms with E-state index in [2.05, 4.69) is 10.6 Å². The van der Waals surface area contributed by atoms with Crippen LogP contribution in [0.15, 0.2) is 48.5 Å². The first-order valence-electron chi connectivity index (χ1n) is 11.0. The van der Waals surface area contributed by atoms with E-state index >= 15 is 0 Å². The van der Waals surface area contributed by atoms with E-state index in [0.29, 0.717) is 18.5 Å². The third-order valence-electron chi connectivity index (χ3n) is 5.99. The highest BCUT2D eigenvalue weighted by molar-refractivity contribution is 6.03. The molecule has 1 aliphatic rings. The van der Waals surface area contributed by atoms with Crippen LogP contribution in [0.5, 0.6) is 0 Å². The summed E-state index contributed by atoms with van der Waals surface area (Å²) in [4.78, 5) is 48.3. The van der Waals surface area contributed by atoms with Gasteiger partial charge in [-0.3, -0.25) is 19.0 Å². The standard InChI is InChI=1S/C25H25N3O6/c29-22(12-15-4-2-1-3-5-15)28-20-8-6-16(13-18(20)17-10-11-26-14-21(17)28)24(32)27-19(25(33)34)7-9-23(30)31/h1-6,8,13,19,26H,7,9-12,14H2,(H,27,32)(H,30,31)(H,33,34). The van der Waals surface area contributed by atoms with Crippen LogP contribution in [0.2, 0.25) is 0 Å². The number of carboxylic acids is 2. The summed E-state index contributed by atoms with van der Waals surface area (Å²) in [5.74, 6) is -3.11. The van der Waals surface area contributed by atoms with Crippen LogP contribution in [0, 0.1) is 0 Å². The average Bonchev–Trinajstić information content (AvgIpc) is 3.15. The smallest absolute Gasteiger partial charge is 0.326 e. The maximum absolute atomic E-state index is 13.3. The molecule has 0 spiro atoms. The second-order valence-electron chi connectivity index (χ2n) is 8.27. The Morgan fingerprint density at radius 2 is 1.82 bits per heavy atom. The lowest BCUT2D eigenvalue weighted by atomic mass is 10.0. The molecule has 2 heterocycles. The topological polar surface area (TPSA) is 138 Å². The number of carboxylic acid groups (broad SMARTS) is 2. The number of nitrogens with zero attached hydrogens (tertiary/aromatic N) is 1. The summed E-state index contributed by atoms with van der Waals surface area (Å²) >= 11 is 0. The number of aliphatic carboxylic acids is 2. The van der Waals surface area contributed by atoms with E-state index < -0.39 is 23.9 Å². The van der Waals surface area contributed by atoms with Crippen molar-refractivity contribution in [2.45, 2.75) is 38.3 Å². The Bertz CT molecular complexity index is 1260. The van der Waals surface area contributed by atoms with Gasteiger partial charge in [0.05, 0.1) is 11.9 Å². The minimum atomic E-state index is -1.31. The van der Waals surface area contributed by atoms with Crippen LogP contribution in [-0.4, -0.2) is 51.1 Å². The lowest BCUT2D eigenvalue weighted by Gasteiger charge is -2.16. The Kier molecular flexibility index (Phi) is 6.74. The second kappa shape index (κ2) is 9.88. The molecule has 34 heavy (non-hydrogen) atoms. The first kappa shape index (κ1) is 23.2. The van der Waals surface area contributed by atoms with Crippen molar-refractivity contribution < 1.29 is 29.4 Å². The molecule has 176 valence electrons. The van der Waals surface area contributed by atoms with Crippen molar-refractivity contribution in [3.05, 3.63) is 70.9 Å². The van der Waals surface area contributed by atoms with Crippen LogP contribution in [0.25, 0.3) is 10.9 Å². The molecule has 9 heteroatoms. The normalized spacial score (nSPS) is 13.8. The number of rotatable bonds is 8. The molecule has 1 atom stereocenters. The average molecular weight is 463 g/mol. The molecule has 4 rings (SSSR count). The molecule has 1 amide bonds. The summed E-state index contributed by atoms with van der Waals surface area (Å²) in [5.41, 5.74) is 3.72. The van der Waals surface area contributed by atoms with Gasteiger partial charge in [-0.25, -0.2) is 4.79 Å². The van der Waals surface area contributed by atoms with Gasteiger partial charge in [-0.1, -0.05) is 30.3 Å². The predicted octanol–water partition coefficient (Wildman–Crippen LogP) is 2.22. The number of hydrogen-bond acceptors (Lipinski definition) is 5. The Morgan fingerprint density at radius 1 is 1.06 bits per heavy atom. The predicted molar refractivity (Wildman–Crippen MR) is 124 cm³/mol. The molecule has 0 bridgehead atoms. The molecular formula is C25H25N3O6. The SMILES string of the molecule is O=C(O)CCC(NC(=O)c1ccc2c(c1)c1c(n2C(=O)Cc2ccccc2)CNCC1)C(=O)O. The molecule has 9 nitrogen and oxygen atoms in total. The minimum absolute atomic E-state index is 0.0713. The Hall–Kier alpha value is -3.98. The highest BCUT2D eigenvalue weighted by Crippen LogP contribution is 2.30. The zero-order valence-electron chi connectivity index (χ0n) is 18.4. The van der Waals surface area contributed by atoms with Crippen molar-refractivity contribution in [2.75, 3.05) is 6.54 Å². The van der Waals surface area contributed by atoms with E-state index in [1.165, 1.54) is 0 Å². The zero-order chi connectivity index (χ0) is 24.2. The molecule has 0 fully saturated rings. The number of fused-ring (bicyclic) bond motifs is 3. The monoisotopic (exact) mass is 463 g/mol. The number of aromatic nitrogens is 1. The molecule has 1 aromatic heterocycles. The number of hydrogen-bond donors (Lipinski definition) is 4. The molecule has 1 aliphatic heterocycles. The van der Waals surface area contributed by atoms with Gasteiger partial charge in [0, 0.05) is 29.6 Å². The van der Waals surface area contributed by atoms with Gasteiger partial charge in [-0.05, 0) is 48.7 Å². The molecule has 0 aliphatic carbocycles. The molecule has 0 saturated heterocycles. The van der Waals surface area contributed by atoms with E-state index in [-0.39, 0.29) is 30.7 Å². The van der Waals surface area contributed by atoms with Crippen molar-refractivity contribution in [3.63, 3.8) is 0 Å². The fourth-order valence-electron chi connectivity index (χ4n) is 4.34. The van der Waals surface area contributed by atoms with Gasteiger partial charge in [-0.15, -0.1) is 0 Å². The summed E-state index contributed by atoms with van der Waals surface area (Å²) in [6, 6.07) is 13.1. The van der Waals surface area contributed by atoms with Gasteiger partial charge >= 0.3 is 11.9 Å². The van der Waals surface area contributed by atoms with Crippen LogP contribution in [0.4, 0.5) is 0 Å². The minimum Gasteiger partial charge on any atom is -0.481 e. The Morgan fingerprint density at radius 3 is 2.53 bits per heavy atom. The fourth-order valence-corrected chi connectivity index (χ4v) is 4.34. The van der Waals surface area contributed by atoms with Crippen molar-refractivity contribution in [1.29, 1.82) is 0 Å². The number of amides is 1. The van der Waals surface area contributed by atoms with Gasteiger partial charge < -0.3 is 20.8 Å². The first-order valence-corrected chi connectivity index (χ1v) is 11.0. The second-order valence-corrected chi connectivity index (χ2v) is 8.27. The van der Waals surface area contributed by atoms with E-state index in [0.717, 1.165) is 28.8 Å². The van der Waals surface area contributed by atoms with Crippen molar-refractivity contribution >= 4 is 34.7 Å². The maximum Gasteiger partial charge on any atom is 0.326 e. The third kappa shape index (κ3) is 4.84. The highest BCUT2D eigenvalue weighted by Gasteiger charge is 2.26. The number of nitrogens with one attached hydrogen (secondary N) is 2. The molecular weight excluding hydrogens is 438 g/mol. The van der Waals surface area contributed by atoms with E-state index in [9.17, 15) is 24.3 Å². The summed E-state index contributed by atoms with van der Waals surface area (Å²) in [7, 11) is 0. The lowest BCUT2D eigenvalue weighted by molar-refractivity contribution is -0.140. The van der Waals surface area contributed by atoms with Crippen LogP contribution in [0.1, 0.15) is 44.8 Å². The highest BCUT2D eigenvalue weighted by atomic mass is 16.4. The molecule has 1 unspecified atom stereocenters. The van der Waals surface area contributed by atoms with Gasteiger partial charge in [-0.2, -0.15) is 0 Å². The largest absolute Gasteiger partial charge is 0.481 e. The molecule has 2 aromatic carbocycles. The van der Waals surface area contributed by atoms with E-state index in [1.807, 2.05) is 30.3 Å². The van der Waals surface area contributed by atoms with Gasteiger partial charge in [0.25, 0.3) is 5.91 Å². The van der Waals surface area contributed by atoms with Crippen molar-refractivity contribution in [1.82, 2.24) is 15.2 Å². The van der Waals surface area contributed by atoms with Crippen LogP contribution in [-0.2, 0) is 29.0 Å². The fraction of sp³-hybridized carbons (Fsp3) is 0.280. The number of carbonyl (C=O) groups excluding carboxylic acids is 2. The van der Waals surface area contributed by atoms with Crippen LogP contribution in [0.3, 0.4) is 0 Å². The Balaban J connectivity index is 1.66. The summed E-state index contributed by atoms with van der Waals surface area (Å²) in [6.45, 7) is 1.27. The van der Waals surface area contributed by atoms with Crippen LogP contribution < -0.4 is 10.6 Å². The van der Waals surface area contributed by atoms with Crippen LogP contribution >= 0.6 is 0 Å². The summed E-state index contributed by atoms with van der Waals surface area (Å²) in [6.07, 6.45) is 0.343. The quantitative estimate of drug-likeness (QED) is 0.402. The van der Waals surface area contributed by atoms with Gasteiger partial charge in [0.1, 0.15) is 6.04 Å². The van der Waals surface area contributed by atoms with Gasteiger partial charge in [0.15, 0.2) is 0 Å². The Labute approximate surface area is 195 Å². The van der Waals surface area contributed by atoms with Crippen molar-refractivity contribution in [2.24, 2.45) is 0 Å². The molecule has 3 aromatic rings. The summed E-state index contributed by atoms with van der Waals surface area (Å²) < 4.78 is 1.71.